The van der Waals surface area contributed by atoms with Gasteiger partial charge in [0.15, 0.2) is 12.3 Å². The van der Waals surface area contributed by atoms with Crippen molar-refractivity contribution in [3.05, 3.63) is 79.7 Å². The summed E-state index contributed by atoms with van der Waals surface area (Å²) in [4.78, 5) is 13.2. The number of hydroxylamine groups is 3. The zero-order valence-electron chi connectivity index (χ0n) is 16.2. The molecule has 4 rings (SSSR count). The van der Waals surface area contributed by atoms with Crippen LogP contribution in [0.1, 0.15) is 0 Å². The second-order valence-electron chi connectivity index (χ2n) is 6.87. The maximum Gasteiger partial charge on any atom is 0.285 e. The van der Waals surface area contributed by atoms with Gasteiger partial charge in [-0.15, -0.1) is 0 Å². The van der Waals surface area contributed by atoms with E-state index in [0.29, 0.717) is 21.8 Å². The molecule has 0 spiro atoms. The molecule has 0 aliphatic carbocycles. The van der Waals surface area contributed by atoms with E-state index in [2.05, 4.69) is 5.10 Å². The first-order valence-corrected chi connectivity index (χ1v) is 9.63. The minimum Gasteiger partial charge on any atom is -0.622 e. The van der Waals surface area contributed by atoms with Gasteiger partial charge in [-0.3, -0.25) is 14.5 Å². The molecule has 1 aliphatic heterocycles. The van der Waals surface area contributed by atoms with Gasteiger partial charge in [0, 0.05) is 13.2 Å². The fraction of sp³-hybridized carbons (Fsp3) is 0.190. The number of aromatic nitrogens is 2. The van der Waals surface area contributed by atoms with Crippen molar-refractivity contribution in [3.63, 3.8) is 0 Å². The fourth-order valence-corrected chi connectivity index (χ4v) is 3.66. The predicted molar refractivity (Wildman–Crippen MR) is 112 cm³/mol. The lowest BCUT2D eigenvalue weighted by Crippen LogP contribution is -2.42. The molecule has 3 aromatic rings. The number of phenols is 1. The summed E-state index contributed by atoms with van der Waals surface area (Å²) in [7, 11) is 1.51. The second-order valence-corrected chi connectivity index (χ2v) is 7.27. The van der Waals surface area contributed by atoms with E-state index in [-0.39, 0.29) is 36.4 Å². The van der Waals surface area contributed by atoms with E-state index in [1.807, 2.05) is 0 Å². The highest BCUT2D eigenvalue weighted by Crippen LogP contribution is 2.23. The summed E-state index contributed by atoms with van der Waals surface area (Å²) in [5, 5.41) is 27.2. The van der Waals surface area contributed by atoms with Crippen molar-refractivity contribution >= 4 is 23.5 Å². The Hall–Kier alpha value is -3.04. The van der Waals surface area contributed by atoms with Crippen LogP contribution in [-0.4, -0.2) is 46.4 Å². The van der Waals surface area contributed by atoms with E-state index in [1.165, 1.54) is 30.1 Å². The number of fused-ring (bicyclic) bond motifs is 1. The minimum atomic E-state index is -0.869. The molecule has 0 amide bonds. The molecule has 0 radical (unpaired) electrons. The van der Waals surface area contributed by atoms with Crippen LogP contribution in [0.5, 0.6) is 11.5 Å². The van der Waals surface area contributed by atoms with Crippen LogP contribution in [0.15, 0.2) is 53.3 Å². The summed E-state index contributed by atoms with van der Waals surface area (Å²) in [6.07, 6.45) is 1.43. The number of methoxy groups -OCH3 is 1. The number of para-hydroxylation sites is 1. The van der Waals surface area contributed by atoms with Gasteiger partial charge < -0.3 is 19.8 Å². The molecular formula is C21H20ClN3O5. The van der Waals surface area contributed by atoms with Crippen LogP contribution >= 0.6 is 11.6 Å². The average molecular weight is 430 g/mol. The first kappa shape index (κ1) is 20.2. The number of phenolic OH excluding ortho intramolecular Hbond substituents is 1. The van der Waals surface area contributed by atoms with Gasteiger partial charge in [-0.05, 0) is 24.3 Å². The smallest absolute Gasteiger partial charge is 0.285 e. The predicted octanol–water partition coefficient (Wildman–Crippen LogP) is 1.42. The highest BCUT2D eigenvalue weighted by atomic mass is 35.5. The topological polar surface area (TPSA) is 99.5 Å². The summed E-state index contributed by atoms with van der Waals surface area (Å²) in [6, 6.07) is 13.2. The monoisotopic (exact) mass is 429 g/mol. The van der Waals surface area contributed by atoms with Crippen LogP contribution in [0.2, 0.25) is 5.02 Å². The molecule has 1 unspecified atom stereocenters. The van der Waals surface area contributed by atoms with Gasteiger partial charge in [0.2, 0.25) is 0 Å². The molecule has 1 aliphatic rings. The number of quaternary nitrogens is 1. The van der Waals surface area contributed by atoms with E-state index in [1.54, 1.807) is 36.4 Å². The standard InChI is InChI=1S/C21H20ClN3O5/c1-29-10-9-25(28)12-17-20(19(25)13-30-15-6-4-5-14(26)11-15)21(27)24(23-17)18-8-3-2-7-16(18)22/h2-8,11-12,23,26H,9-10,13H2,1H3. The molecule has 2 aromatic carbocycles. The number of H-pyrrole nitrogens is 1. The summed E-state index contributed by atoms with van der Waals surface area (Å²) >= 11 is 6.24. The lowest BCUT2D eigenvalue weighted by atomic mass is 10.3. The molecule has 8 nitrogen and oxygen atoms in total. The largest absolute Gasteiger partial charge is 0.622 e. The zero-order valence-corrected chi connectivity index (χ0v) is 16.9. The van der Waals surface area contributed by atoms with Crippen LogP contribution in [0.4, 0.5) is 0 Å². The van der Waals surface area contributed by atoms with Crippen molar-refractivity contribution < 1.29 is 19.2 Å². The number of aromatic amines is 1. The number of nitrogens with one attached hydrogen (secondary N) is 1. The van der Waals surface area contributed by atoms with Gasteiger partial charge in [-0.2, -0.15) is 0 Å². The van der Waals surface area contributed by atoms with Gasteiger partial charge in [0.05, 0.1) is 17.3 Å². The number of aromatic hydroxyl groups is 1. The number of hydrogen-bond donors (Lipinski definition) is 2. The maximum absolute atomic E-state index is 13.5. The molecule has 0 bridgehead atoms. The normalized spacial score (nSPS) is 17.6. The molecular weight excluding hydrogens is 410 g/mol. The Morgan fingerprint density at radius 2 is 2.03 bits per heavy atom. The molecule has 0 saturated carbocycles. The third-order valence-corrected chi connectivity index (χ3v) is 5.24. The minimum absolute atomic E-state index is 0.0427. The first-order chi connectivity index (χ1) is 14.4. The van der Waals surface area contributed by atoms with E-state index < -0.39 is 10.2 Å². The number of benzene rings is 2. The molecule has 1 atom stereocenters. The van der Waals surface area contributed by atoms with E-state index in [0.717, 1.165) is 0 Å². The van der Waals surface area contributed by atoms with Crippen LogP contribution in [-0.2, 0) is 4.74 Å². The third-order valence-electron chi connectivity index (χ3n) is 4.92. The Kier molecular flexibility index (Phi) is 5.40. The lowest BCUT2D eigenvalue weighted by Gasteiger charge is -2.37. The highest BCUT2D eigenvalue weighted by Gasteiger charge is 2.32. The van der Waals surface area contributed by atoms with Crippen molar-refractivity contribution in [2.75, 3.05) is 26.9 Å². The SMILES string of the molecule is COCC[N+]1([O-])C=c2[nH]n(-c3ccccc3Cl)c(=O)c2=C1COc1cccc(O)c1. The van der Waals surface area contributed by atoms with Crippen LogP contribution < -0.4 is 20.9 Å². The number of hydrogen-bond acceptors (Lipinski definition) is 5. The van der Waals surface area contributed by atoms with Gasteiger partial charge in [-0.1, -0.05) is 29.8 Å². The molecule has 30 heavy (non-hydrogen) atoms. The summed E-state index contributed by atoms with van der Waals surface area (Å²) in [5.41, 5.74) is 0.343. The van der Waals surface area contributed by atoms with Crippen LogP contribution in [0.3, 0.4) is 0 Å². The van der Waals surface area contributed by atoms with Gasteiger partial charge in [0.25, 0.3) is 5.56 Å². The van der Waals surface area contributed by atoms with E-state index in [9.17, 15) is 15.1 Å². The Morgan fingerprint density at radius 1 is 1.23 bits per heavy atom. The number of nitrogens with zero attached hydrogens (tertiary/aromatic N) is 2. The Balaban J connectivity index is 1.82. The first-order valence-electron chi connectivity index (χ1n) is 9.25. The fourth-order valence-electron chi connectivity index (χ4n) is 3.44. The lowest BCUT2D eigenvalue weighted by molar-refractivity contribution is -0.725. The third kappa shape index (κ3) is 3.61. The molecule has 9 heteroatoms. The van der Waals surface area contributed by atoms with E-state index in [4.69, 9.17) is 21.1 Å². The molecule has 1 aromatic heterocycles. The molecule has 2 N–H and O–H groups in total. The van der Waals surface area contributed by atoms with Crippen LogP contribution in [0, 0.1) is 5.21 Å². The zero-order chi connectivity index (χ0) is 21.3. The van der Waals surface area contributed by atoms with Crippen molar-refractivity contribution in [3.8, 4) is 17.2 Å². The van der Waals surface area contributed by atoms with Gasteiger partial charge >= 0.3 is 0 Å². The second kappa shape index (κ2) is 8.00. The van der Waals surface area contributed by atoms with Gasteiger partial charge in [0.1, 0.15) is 34.8 Å². The average Bonchev–Trinajstić information content (AvgIpc) is 3.17. The molecule has 2 heterocycles. The van der Waals surface area contributed by atoms with Crippen LogP contribution in [0.25, 0.3) is 17.6 Å². The Labute approximate surface area is 176 Å². The summed E-state index contributed by atoms with van der Waals surface area (Å²) in [6.45, 7) is 0.164. The number of halogens is 1. The molecule has 0 saturated heterocycles. The van der Waals surface area contributed by atoms with Crippen molar-refractivity contribution in [2.24, 2.45) is 0 Å². The molecule has 156 valence electrons. The van der Waals surface area contributed by atoms with Gasteiger partial charge in [-0.25, -0.2) is 4.68 Å². The quantitative estimate of drug-likeness (QED) is 0.437. The maximum atomic E-state index is 13.5. The van der Waals surface area contributed by atoms with E-state index >= 15 is 0 Å². The summed E-state index contributed by atoms with van der Waals surface area (Å²) < 4.78 is 11.3. The number of rotatable bonds is 7. The highest BCUT2D eigenvalue weighted by molar-refractivity contribution is 6.32. The Bertz CT molecular complexity index is 1270. The van der Waals surface area contributed by atoms with Crippen molar-refractivity contribution in [1.29, 1.82) is 0 Å². The summed E-state index contributed by atoms with van der Waals surface area (Å²) in [5.74, 6) is 0.428. The Morgan fingerprint density at radius 3 is 2.77 bits per heavy atom. The molecule has 0 fully saturated rings. The van der Waals surface area contributed by atoms with Crippen molar-refractivity contribution in [2.45, 2.75) is 0 Å². The van der Waals surface area contributed by atoms with Crippen molar-refractivity contribution in [1.82, 2.24) is 9.78 Å². The number of ether oxygens (including phenoxy) is 2.